The van der Waals surface area contributed by atoms with E-state index in [0.29, 0.717) is 23.8 Å². The number of anilines is 1. The van der Waals surface area contributed by atoms with Crippen LogP contribution < -0.4 is 21.5 Å². The van der Waals surface area contributed by atoms with Gasteiger partial charge in [0, 0.05) is 30.1 Å². The number of rotatable bonds is 8. The van der Waals surface area contributed by atoms with Gasteiger partial charge in [0.1, 0.15) is 17.7 Å². The Morgan fingerprint density at radius 3 is 2.59 bits per heavy atom. The standard InChI is InChI=1S/C25H28N6O/c1-4-24(23-8-6-5-7-17(23)2)31-25(27)30-18(3)29-19-9-11-21(12-10-19)32-22-13-14-28-20(15-22)16-26/h4-15,18,29H,1,16,26H2,2-3H3,(H2,27,30)/b31-24+. The van der Waals surface area contributed by atoms with E-state index in [0.717, 1.165) is 22.5 Å². The normalized spacial score (nSPS) is 12.8. The first kappa shape index (κ1) is 22.7. The SMILES string of the molecule is C=C/C(=N\C(N)=N/C(C)Nc1ccc(Oc2ccnc(CN)c2)cc1)c1ccccc1C. The zero-order valence-corrected chi connectivity index (χ0v) is 18.3. The average molecular weight is 429 g/mol. The minimum Gasteiger partial charge on any atom is -0.457 e. The second kappa shape index (κ2) is 10.9. The molecule has 2 aromatic carbocycles. The van der Waals surface area contributed by atoms with E-state index in [1.54, 1.807) is 18.3 Å². The number of hydrogen-bond donors (Lipinski definition) is 3. The summed E-state index contributed by atoms with van der Waals surface area (Å²) in [5, 5.41) is 3.28. The van der Waals surface area contributed by atoms with Crippen molar-refractivity contribution in [3.05, 3.63) is 96.3 Å². The van der Waals surface area contributed by atoms with Crippen molar-refractivity contribution in [2.45, 2.75) is 26.6 Å². The molecule has 0 spiro atoms. The lowest BCUT2D eigenvalue weighted by Gasteiger charge is -2.13. The van der Waals surface area contributed by atoms with Crippen molar-refractivity contribution in [3.8, 4) is 11.5 Å². The maximum atomic E-state index is 6.07. The number of aromatic nitrogens is 1. The lowest BCUT2D eigenvalue weighted by atomic mass is 10.0. The molecule has 0 aliphatic heterocycles. The minimum absolute atomic E-state index is 0.177. The summed E-state index contributed by atoms with van der Waals surface area (Å²) in [5.41, 5.74) is 16.1. The van der Waals surface area contributed by atoms with Gasteiger partial charge in [-0.25, -0.2) is 9.98 Å². The van der Waals surface area contributed by atoms with Crippen LogP contribution in [0.3, 0.4) is 0 Å². The Morgan fingerprint density at radius 1 is 1.16 bits per heavy atom. The number of aliphatic imine (C=N–C) groups is 2. The minimum atomic E-state index is -0.277. The summed E-state index contributed by atoms with van der Waals surface area (Å²) in [5.74, 6) is 1.58. The van der Waals surface area contributed by atoms with Crippen molar-refractivity contribution in [2.75, 3.05) is 5.32 Å². The van der Waals surface area contributed by atoms with Gasteiger partial charge in [-0.1, -0.05) is 30.8 Å². The Hall–Kier alpha value is -3.97. The molecule has 0 aliphatic rings. The van der Waals surface area contributed by atoms with Gasteiger partial charge < -0.3 is 21.5 Å². The zero-order valence-electron chi connectivity index (χ0n) is 18.3. The molecule has 0 saturated heterocycles. The molecule has 3 rings (SSSR count). The van der Waals surface area contributed by atoms with E-state index in [2.05, 4.69) is 26.9 Å². The van der Waals surface area contributed by atoms with Gasteiger partial charge in [-0.2, -0.15) is 0 Å². The molecule has 3 aromatic rings. The molecule has 1 atom stereocenters. The monoisotopic (exact) mass is 428 g/mol. The quantitative estimate of drug-likeness (QED) is 0.364. The Balaban J connectivity index is 1.64. The number of allylic oxidation sites excluding steroid dienone is 1. The molecule has 0 fully saturated rings. The van der Waals surface area contributed by atoms with Gasteiger partial charge in [0.05, 0.1) is 11.4 Å². The summed E-state index contributed by atoms with van der Waals surface area (Å²) >= 11 is 0. The van der Waals surface area contributed by atoms with E-state index in [9.17, 15) is 0 Å². The number of nitrogens with two attached hydrogens (primary N) is 2. The van der Waals surface area contributed by atoms with E-state index in [1.165, 1.54) is 0 Å². The number of benzene rings is 2. The zero-order chi connectivity index (χ0) is 22.9. The first-order valence-corrected chi connectivity index (χ1v) is 10.3. The van der Waals surface area contributed by atoms with Crippen LogP contribution in [0.15, 0.2) is 89.5 Å². The Kier molecular flexibility index (Phi) is 7.72. The highest BCUT2D eigenvalue weighted by molar-refractivity contribution is 6.13. The molecule has 32 heavy (non-hydrogen) atoms. The third kappa shape index (κ3) is 6.26. The van der Waals surface area contributed by atoms with Crippen LogP contribution in [0.5, 0.6) is 11.5 Å². The van der Waals surface area contributed by atoms with Gasteiger partial charge in [0.25, 0.3) is 0 Å². The predicted molar refractivity (Wildman–Crippen MR) is 131 cm³/mol. The summed E-state index contributed by atoms with van der Waals surface area (Å²) in [6, 6.07) is 19.1. The molecule has 7 nitrogen and oxygen atoms in total. The van der Waals surface area contributed by atoms with E-state index >= 15 is 0 Å². The Morgan fingerprint density at radius 2 is 1.91 bits per heavy atom. The van der Waals surface area contributed by atoms with Gasteiger partial charge in [-0.3, -0.25) is 4.98 Å². The second-order valence-corrected chi connectivity index (χ2v) is 7.14. The molecule has 1 heterocycles. The van der Waals surface area contributed by atoms with Crippen molar-refractivity contribution in [1.29, 1.82) is 0 Å². The van der Waals surface area contributed by atoms with E-state index < -0.39 is 0 Å². The molecule has 7 heteroatoms. The van der Waals surface area contributed by atoms with Crippen molar-refractivity contribution in [1.82, 2.24) is 4.98 Å². The molecule has 164 valence electrons. The number of ether oxygens (including phenoxy) is 1. The van der Waals surface area contributed by atoms with Gasteiger partial charge in [0.15, 0.2) is 0 Å². The van der Waals surface area contributed by atoms with Gasteiger partial charge >= 0.3 is 0 Å². The molecule has 0 bridgehead atoms. The third-order valence-electron chi connectivity index (χ3n) is 4.64. The van der Waals surface area contributed by atoms with E-state index in [-0.39, 0.29) is 12.1 Å². The molecule has 5 N–H and O–H groups in total. The fourth-order valence-electron chi connectivity index (χ4n) is 3.09. The van der Waals surface area contributed by atoms with Gasteiger partial charge in [0.2, 0.25) is 5.96 Å². The maximum Gasteiger partial charge on any atom is 0.217 e. The summed E-state index contributed by atoms with van der Waals surface area (Å²) in [4.78, 5) is 13.0. The van der Waals surface area contributed by atoms with E-state index in [1.807, 2.05) is 68.4 Å². The topological polar surface area (TPSA) is 111 Å². The number of nitrogens with one attached hydrogen (secondary N) is 1. The molecule has 0 amide bonds. The first-order chi connectivity index (χ1) is 15.5. The molecule has 0 saturated carbocycles. The molecule has 0 aliphatic carbocycles. The highest BCUT2D eigenvalue weighted by Crippen LogP contribution is 2.23. The van der Waals surface area contributed by atoms with Crippen LogP contribution >= 0.6 is 0 Å². The first-order valence-electron chi connectivity index (χ1n) is 10.3. The molecular formula is C25H28N6O. The largest absolute Gasteiger partial charge is 0.457 e. The van der Waals surface area contributed by atoms with Crippen LogP contribution in [0.25, 0.3) is 0 Å². The van der Waals surface area contributed by atoms with Crippen LogP contribution in [-0.2, 0) is 6.54 Å². The number of aryl methyl sites for hydroxylation is 1. The Bertz CT molecular complexity index is 1120. The highest BCUT2D eigenvalue weighted by Gasteiger charge is 2.06. The second-order valence-electron chi connectivity index (χ2n) is 7.14. The van der Waals surface area contributed by atoms with Crippen LogP contribution in [0.4, 0.5) is 5.69 Å². The number of nitrogens with zero attached hydrogens (tertiary/aromatic N) is 3. The fourth-order valence-corrected chi connectivity index (χ4v) is 3.09. The van der Waals surface area contributed by atoms with Gasteiger partial charge in [-0.05, 0) is 55.8 Å². The summed E-state index contributed by atoms with van der Waals surface area (Å²) in [6.07, 6.45) is 3.08. The van der Waals surface area contributed by atoms with Crippen LogP contribution in [0.1, 0.15) is 23.7 Å². The lowest BCUT2D eigenvalue weighted by molar-refractivity contribution is 0.481. The van der Waals surface area contributed by atoms with Crippen molar-refractivity contribution in [2.24, 2.45) is 21.5 Å². The molecule has 1 aromatic heterocycles. The van der Waals surface area contributed by atoms with Crippen LogP contribution in [0.2, 0.25) is 0 Å². The van der Waals surface area contributed by atoms with Crippen LogP contribution in [0, 0.1) is 6.92 Å². The van der Waals surface area contributed by atoms with Crippen LogP contribution in [-0.4, -0.2) is 22.8 Å². The van der Waals surface area contributed by atoms with Gasteiger partial charge in [-0.15, -0.1) is 0 Å². The summed E-state index contributed by atoms with van der Waals surface area (Å²) in [6.45, 7) is 8.13. The number of pyridine rings is 1. The molecular weight excluding hydrogens is 400 g/mol. The van der Waals surface area contributed by atoms with Crippen molar-refractivity contribution >= 4 is 17.4 Å². The maximum absolute atomic E-state index is 6.07. The average Bonchev–Trinajstić information content (AvgIpc) is 2.79. The predicted octanol–water partition coefficient (Wildman–Crippen LogP) is 4.39. The lowest BCUT2D eigenvalue weighted by Crippen LogP contribution is -2.20. The molecule has 0 radical (unpaired) electrons. The van der Waals surface area contributed by atoms with Crippen molar-refractivity contribution < 1.29 is 4.74 Å². The number of hydrogen-bond acceptors (Lipinski definition) is 5. The Labute approximate surface area is 188 Å². The number of guanidine groups is 1. The third-order valence-corrected chi connectivity index (χ3v) is 4.64. The fraction of sp³-hybridized carbons (Fsp3) is 0.160. The van der Waals surface area contributed by atoms with E-state index in [4.69, 9.17) is 16.2 Å². The summed E-state index contributed by atoms with van der Waals surface area (Å²) in [7, 11) is 0. The smallest absolute Gasteiger partial charge is 0.217 e. The summed E-state index contributed by atoms with van der Waals surface area (Å²) < 4.78 is 5.86. The van der Waals surface area contributed by atoms with Crippen molar-refractivity contribution in [3.63, 3.8) is 0 Å². The highest BCUT2D eigenvalue weighted by atomic mass is 16.5. The molecule has 1 unspecified atom stereocenters.